The van der Waals surface area contributed by atoms with E-state index in [0.29, 0.717) is 0 Å². The van der Waals surface area contributed by atoms with Gasteiger partial charge in [-0.3, -0.25) is 4.98 Å². The Labute approximate surface area is 89.9 Å². The van der Waals surface area contributed by atoms with Crippen molar-refractivity contribution in [2.75, 3.05) is 0 Å². The highest BCUT2D eigenvalue weighted by molar-refractivity contribution is 9.10. The maximum Gasteiger partial charge on any atom is 0.0757 e. The van der Waals surface area contributed by atoms with E-state index in [9.17, 15) is 0 Å². The molecule has 0 radical (unpaired) electrons. The Morgan fingerprint density at radius 1 is 1.31 bits per heavy atom. The van der Waals surface area contributed by atoms with Crippen molar-refractivity contribution in [3.63, 3.8) is 0 Å². The van der Waals surface area contributed by atoms with Crippen molar-refractivity contribution < 1.29 is 0 Å². The second kappa shape index (κ2) is 3.28. The largest absolute Gasteiger partial charge is 0.256 e. The van der Waals surface area contributed by atoms with E-state index in [1.165, 1.54) is 0 Å². The molecule has 0 aliphatic carbocycles. The Balaban J connectivity index is 3.00. The summed E-state index contributed by atoms with van der Waals surface area (Å²) in [6, 6.07) is 5.81. The van der Waals surface area contributed by atoms with Crippen LogP contribution in [0.5, 0.6) is 0 Å². The van der Waals surface area contributed by atoms with Crippen molar-refractivity contribution in [3.8, 4) is 0 Å². The Hall–Kier alpha value is -0.600. The van der Waals surface area contributed by atoms with Crippen molar-refractivity contribution in [2.24, 2.45) is 0 Å². The minimum absolute atomic E-state index is 0.737. The molecular formula is C10H7BrClN. The molecule has 1 aromatic carbocycles. The number of hydrogen-bond acceptors (Lipinski definition) is 1. The lowest BCUT2D eigenvalue weighted by molar-refractivity contribution is 1.36. The summed E-state index contributed by atoms with van der Waals surface area (Å²) in [4.78, 5) is 4.29. The van der Waals surface area contributed by atoms with Crippen LogP contribution >= 0.6 is 27.5 Å². The Bertz CT molecular complexity index is 459. The van der Waals surface area contributed by atoms with Gasteiger partial charge in [0.05, 0.1) is 10.5 Å². The molecule has 0 aliphatic heterocycles. The van der Waals surface area contributed by atoms with Gasteiger partial charge in [0.1, 0.15) is 0 Å². The third-order valence-corrected chi connectivity index (χ3v) is 2.97. The van der Waals surface area contributed by atoms with Crippen LogP contribution in [0.1, 0.15) is 5.56 Å². The molecule has 0 bridgehead atoms. The summed E-state index contributed by atoms with van der Waals surface area (Å²) in [6.45, 7) is 2.03. The molecule has 1 heterocycles. The van der Waals surface area contributed by atoms with Gasteiger partial charge in [-0.05, 0) is 24.6 Å². The smallest absolute Gasteiger partial charge is 0.0757 e. The van der Waals surface area contributed by atoms with E-state index in [1.54, 1.807) is 12.3 Å². The number of halogens is 2. The fourth-order valence-corrected chi connectivity index (χ4v) is 2.22. The quantitative estimate of drug-likeness (QED) is 0.695. The molecule has 0 atom stereocenters. The number of nitrogens with zero attached hydrogens (tertiary/aromatic N) is 1. The first-order valence-corrected chi connectivity index (χ1v) is 5.06. The van der Waals surface area contributed by atoms with Gasteiger partial charge >= 0.3 is 0 Å². The van der Waals surface area contributed by atoms with Crippen LogP contribution in [0.4, 0.5) is 0 Å². The minimum atomic E-state index is 0.737. The van der Waals surface area contributed by atoms with Gasteiger partial charge in [-0.2, -0.15) is 0 Å². The topological polar surface area (TPSA) is 12.9 Å². The zero-order valence-corrected chi connectivity index (χ0v) is 9.35. The van der Waals surface area contributed by atoms with E-state index in [2.05, 4.69) is 20.9 Å². The average Bonchev–Trinajstić information content (AvgIpc) is 2.12. The first-order chi connectivity index (χ1) is 6.20. The van der Waals surface area contributed by atoms with Crippen molar-refractivity contribution >= 4 is 38.4 Å². The van der Waals surface area contributed by atoms with Gasteiger partial charge in [0.25, 0.3) is 0 Å². The molecule has 0 fully saturated rings. The van der Waals surface area contributed by atoms with E-state index in [4.69, 9.17) is 11.6 Å². The van der Waals surface area contributed by atoms with Crippen molar-refractivity contribution in [1.82, 2.24) is 4.98 Å². The highest BCUT2D eigenvalue weighted by atomic mass is 79.9. The molecule has 1 nitrogen and oxygen atoms in total. The molecule has 0 amide bonds. The number of benzene rings is 1. The maximum atomic E-state index is 6.06. The normalized spacial score (nSPS) is 10.7. The van der Waals surface area contributed by atoms with Crippen LogP contribution in [0.15, 0.2) is 28.9 Å². The van der Waals surface area contributed by atoms with Crippen LogP contribution in [-0.2, 0) is 0 Å². The van der Waals surface area contributed by atoms with Crippen LogP contribution in [0.3, 0.4) is 0 Å². The highest BCUT2D eigenvalue weighted by Crippen LogP contribution is 2.30. The number of fused-ring (bicyclic) bond motifs is 1. The van der Waals surface area contributed by atoms with E-state index < -0.39 is 0 Å². The van der Waals surface area contributed by atoms with Crippen LogP contribution in [0.25, 0.3) is 10.9 Å². The Morgan fingerprint density at radius 3 is 2.77 bits per heavy atom. The minimum Gasteiger partial charge on any atom is -0.256 e. The predicted molar refractivity (Wildman–Crippen MR) is 59.2 cm³/mol. The van der Waals surface area contributed by atoms with Gasteiger partial charge in [-0.1, -0.05) is 33.6 Å². The van der Waals surface area contributed by atoms with E-state index in [-0.39, 0.29) is 0 Å². The predicted octanol–water partition coefficient (Wildman–Crippen LogP) is 3.96. The Kier molecular flexibility index (Phi) is 2.26. The molecule has 0 N–H and O–H groups in total. The SMILES string of the molecule is Cc1ccc(Br)c2c(Cl)ccnc12. The lowest BCUT2D eigenvalue weighted by atomic mass is 10.1. The van der Waals surface area contributed by atoms with Crippen molar-refractivity contribution in [1.29, 1.82) is 0 Å². The van der Waals surface area contributed by atoms with E-state index in [0.717, 1.165) is 26.0 Å². The molecule has 2 rings (SSSR count). The van der Waals surface area contributed by atoms with Crippen molar-refractivity contribution in [3.05, 3.63) is 39.5 Å². The second-order valence-electron chi connectivity index (χ2n) is 2.88. The van der Waals surface area contributed by atoms with Gasteiger partial charge < -0.3 is 0 Å². The van der Waals surface area contributed by atoms with Crippen LogP contribution < -0.4 is 0 Å². The molecule has 0 spiro atoms. The molecule has 0 aliphatic rings. The third kappa shape index (κ3) is 1.45. The van der Waals surface area contributed by atoms with Crippen molar-refractivity contribution in [2.45, 2.75) is 6.92 Å². The van der Waals surface area contributed by atoms with E-state index in [1.807, 2.05) is 19.1 Å². The van der Waals surface area contributed by atoms with Gasteiger partial charge in [-0.15, -0.1) is 0 Å². The standard InChI is InChI=1S/C10H7BrClN/c1-6-2-3-7(11)9-8(12)4-5-13-10(6)9/h2-5H,1H3. The van der Waals surface area contributed by atoms with Gasteiger partial charge in [0.15, 0.2) is 0 Å². The molecule has 66 valence electrons. The number of aryl methyl sites for hydroxylation is 1. The summed E-state index contributed by atoms with van der Waals surface area (Å²) >= 11 is 9.52. The van der Waals surface area contributed by atoms with E-state index >= 15 is 0 Å². The summed E-state index contributed by atoms with van der Waals surface area (Å²) in [5.41, 5.74) is 2.10. The fraction of sp³-hybridized carbons (Fsp3) is 0.100. The molecule has 1 aromatic heterocycles. The molecule has 0 saturated carbocycles. The fourth-order valence-electron chi connectivity index (χ4n) is 1.32. The molecule has 0 unspecified atom stereocenters. The summed E-state index contributed by atoms with van der Waals surface area (Å²) in [6.07, 6.45) is 1.73. The van der Waals surface area contributed by atoms with Crippen LogP contribution in [-0.4, -0.2) is 4.98 Å². The number of hydrogen-bond donors (Lipinski definition) is 0. The number of rotatable bonds is 0. The van der Waals surface area contributed by atoms with Gasteiger partial charge in [0.2, 0.25) is 0 Å². The average molecular weight is 257 g/mol. The number of aromatic nitrogens is 1. The summed E-state index contributed by atoms with van der Waals surface area (Å²) in [7, 11) is 0. The molecule has 0 saturated heterocycles. The van der Waals surface area contributed by atoms with Gasteiger partial charge in [0, 0.05) is 16.1 Å². The zero-order chi connectivity index (χ0) is 9.42. The monoisotopic (exact) mass is 255 g/mol. The highest BCUT2D eigenvalue weighted by Gasteiger charge is 2.05. The number of pyridine rings is 1. The molecular weight excluding hydrogens is 249 g/mol. The van der Waals surface area contributed by atoms with Crippen LogP contribution in [0, 0.1) is 6.92 Å². The maximum absolute atomic E-state index is 6.06. The second-order valence-corrected chi connectivity index (χ2v) is 4.14. The first-order valence-electron chi connectivity index (χ1n) is 3.89. The summed E-state index contributed by atoms with van der Waals surface area (Å²) < 4.78 is 0.992. The lowest BCUT2D eigenvalue weighted by Gasteiger charge is -2.04. The molecule has 3 heteroatoms. The Morgan fingerprint density at radius 2 is 2.08 bits per heavy atom. The molecule has 13 heavy (non-hydrogen) atoms. The van der Waals surface area contributed by atoms with Gasteiger partial charge in [-0.25, -0.2) is 0 Å². The first kappa shape index (κ1) is 8.97. The third-order valence-electron chi connectivity index (χ3n) is 1.99. The summed E-state index contributed by atoms with van der Waals surface area (Å²) in [5.74, 6) is 0. The summed E-state index contributed by atoms with van der Waals surface area (Å²) in [5, 5.41) is 1.73. The molecule has 2 aromatic rings. The van der Waals surface area contributed by atoms with Crippen LogP contribution in [0.2, 0.25) is 5.02 Å². The lowest BCUT2D eigenvalue weighted by Crippen LogP contribution is -1.84. The zero-order valence-electron chi connectivity index (χ0n) is 7.01.